The van der Waals surface area contributed by atoms with Crippen molar-refractivity contribution in [3.8, 4) is 17.2 Å². The highest BCUT2D eigenvalue weighted by Crippen LogP contribution is 2.43. The van der Waals surface area contributed by atoms with Crippen LogP contribution in [0.25, 0.3) is 5.69 Å². The van der Waals surface area contributed by atoms with E-state index in [9.17, 15) is 26.7 Å². The van der Waals surface area contributed by atoms with Crippen molar-refractivity contribution in [3.05, 3.63) is 89.5 Å². The minimum absolute atomic E-state index is 0.108. The summed E-state index contributed by atoms with van der Waals surface area (Å²) in [5.41, 5.74) is 0.824. The summed E-state index contributed by atoms with van der Waals surface area (Å²) in [6, 6.07) is 13.0. The van der Waals surface area contributed by atoms with Gasteiger partial charge in [-0.3, -0.25) is 9.78 Å². The van der Waals surface area contributed by atoms with Crippen LogP contribution in [0.3, 0.4) is 0 Å². The first-order valence-electron chi connectivity index (χ1n) is 12.6. The molecule has 0 spiro atoms. The average Bonchev–Trinajstić information content (AvgIpc) is 3.49. The normalized spacial score (nSPS) is 17.2. The lowest BCUT2D eigenvalue weighted by molar-refractivity contribution is -0.286. The van der Waals surface area contributed by atoms with Crippen LogP contribution < -0.4 is 19.7 Å². The number of ether oxygens (including phenoxy) is 2. The summed E-state index contributed by atoms with van der Waals surface area (Å²) in [6.45, 7) is 0. The second-order valence-electron chi connectivity index (χ2n) is 9.67. The summed E-state index contributed by atoms with van der Waals surface area (Å²) < 4.78 is 79.2. The van der Waals surface area contributed by atoms with E-state index in [0.717, 1.165) is 0 Å². The Bertz CT molecular complexity index is 1620. The van der Waals surface area contributed by atoms with Gasteiger partial charge >= 0.3 is 12.5 Å². The number of aromatic nitrogens is 3. The molecule has 3 heterocycles. The summed E-state index contributed by atoms with van der Waals surface area (Å²) in [7, 11) is 1.44. The van der Waals surface area contributed by atoms with Crippen LogP contribution in [0.4, 0.5) is 33.3 Å². The molecule has 2 aromatic heterocycles. The molecule has 1 aliphatic heterocycles. The fraction of sp³-hybridized carbons (Fsp3) is 0.250. The van der Waals surface area contributed by atoms with Gasteiger partial charge in [0.05, 0.1) is 23.1 Å². The number of nitrogens with zero attached hydrogens (tertiary/aromatic N) is 4. The number of hydrogen-bond acceptors (Lipinski definition) is 6. The van der Waals surface area contributed by atoms with Crippen molar-refractivity contribution in [3.63, 3.8) is 0 Å². The number of rotatable bonds is 5. The molecule has 41 heavy (non-hydrogen) atoms. The molecule has 1 unspecified atom stereocenters. The highest BCUT2D eigenvalue weighted by atomic mass is 19.4. The van der Waals surface area contributed by atoms with E-state index in [-0.39, 0.29) is 40.4 Å². The third kappa shape index (κ3) is 5.03. The summed E-state index contributed by atoms with van der Waals surface area (Å²) in [6.07, 6.45) is -3.98. The van der Waals surface area contributed by atoms with Gasteiger partial charge in [0, 0.05) is 42.3 Å². The van der Waals surface area contributed by atoms with Crippen molar-refractivity contribution in [1.82, 2.24) is 14.8 Å². The van der Waals surface area contributed by atoms with Crippen LogP contribution >= 0.6 is 0 Å². The Labute approximate surface area is 230 Å². The molecular formula is C28H22F5N5O3. The largest absolute Gasteiger partial charge is 0.586 e. The maximum atomic E-state index is 14.1. The van der Waals surface area contributed by atoms with Crippen molar-refractivity contribution in [1.29, 1.82) is 0 Å². The number of amides is 1. The van der Waals surface area contributed by atoms with Crippen LogP contribution in [0, 0.1) is 0 Å². The van der Waals surface area contributed by atoms with Gasteiger partial charge in [0.25, 0.3) is 5.91 Å². The first-order valence-corrected chi connectivity index (χ1v) is 12.6. The monoisotopic (exact) mass is 571 g/mol. The molecule has 0 bridgehead atoms. The lowest BCUT2D eigenvalue weighted by Crippen LogP contribution is -2.26. The number of alkyl halides is 5. The van der Waals surface area contributed by atoms with E-state index in [1.807, 2.05) is 0 Å². The minimum atomic E-state index is -4.67. The van der Waals surface area contributed by atoms with Crippen molar-refractivity contribution in [2.45, 2.75) is 37.8 Å². The maximum absolute atomic E-state index is 14.1. The Morgan fingerprint density at radius 2 is 1.90 bits per heavy atom. The quantitative estimate of drug-likeness (QED) is 0.280. The number of pyridine rings is 1. The molecule has 0 radical (unpaired) electrons. The molecule has 0 saturated carbocycles. The van der Waals surface area contributed by atoms with Gasteiger partial charge in [0.2, 0.25) is 0 Å². The molecule has 0 saturated heterocycles. The smallest absolute Gasteiger partial charge is 0.395 e. The van der Waals surface area contributed by atoms with Crippen LogP contribution in [-0.2, 0) is 12.6 Å². The predicted octanol–water partition coefficient (Wildman–Crippen LogP) is 6.37. The topological polar surface area (TPSA) is 81.5 Å². The van der Waals surface area contributed by atoms with E-state index in [1.54, 1.807) is 36.7 Å². The van der Waals surface area contributed by atoms with Gasteiger partial charge in [-0.1, -0.05) is 6.07 Å². The Kier molecular flexibility index (Phi) is 6.31. The molecule has 212 valence electrons. The zero-order chi connectivity index (χ0) is 28.9. The Hall–Kier alpha value is -4.68. The van der Waals surface area contributed by atoms with E-state index in [4.69, 9.17) is 0 Å². The lowest BCUT2D eigenvalue weighted by atomic mass is 9.91. The fourth-order valence-corrected chi connectivity index (χ4v) is 5.13. The third-order valence-electron chi connectivity index (χ3n) is 6.96. The Balaban J connectivity index is 1.36. The zero-order valence-corrected chi connectivity index (χ0v) is 21.5. The minimum Gasteiger partial charge on any atom is -0.395 e. The number of carbonyl (C=O) groups is 1. The molecule has 8 nitrogen and oxygen atoms in total. The fourth-order valence-electron chi connectivity index (χ4n) is 5.13. The third-order valence-corrected chi connectivity index (χ3v) is 6.96. The predicted molar refractivity (Wildman–Crippen MR) is 137 cm³/mol. The molecule has 13 heteroatoms. The molecule has 1 aliphatic carbocycles. The van der Waals surface area contributed by atoms with Crippen LogP contribution in [0.5, 0.6) is 11.5 Å². The molecule has 1 amide bonds. The molecule has 1 N–H and O–H groups in total. The van der Waals surface area contributed by atoms with Gasteiger partial charge in [-0.25, -0.2) is 4.68 Å². The summed E-state index contributed by atoms with van der Waals surface area (Å²) in [5, 5.41) is 7.27. The lowest BCUT2D eigenvalue weighted by Gasteiger charge is -2.26. The number of hydrogen-bond donors (Lipinski definition) is 1. The van der Waals surface area contributed by atoms with Gasteiger partial charge in [0.15, 0.2) is 17.2 Å². The molecule has 6 rings (SSSR count). The van der Waals surface area contributed by atoms with Gasteiger partial charge in [-0.2, -0.15) is 18.3 Å². The number of halogens is 5. The number of fused-ring (bicyclic) bond motifs is 2. The van der Waals surface area contributed by atoms with Gasteiger partial charge in [-0.05, 0) is 61.7 Å². The second kappa shape index (κ2) is 9.75. The Morgan fingerprint density at radius 3 is 2.66 bits per heavy atom. The van der Waals surface area contributed by atoms with Gasteiger partial charge in [0.1, 0.15) is 0 Å². The zero-order valence-electron chi connectivity index (χ0n) is 21.5. The average molecular weight is 572 g/mol. The summed E-state index contributed by atoms with van der Waals surface area (Å²) in [5.74, 6) is -0.921. The van der Waals surface area contributed by atoms with E-state index < -0.39 is 30.1 Å². The van der Waals surface area contributed by atoms with Crippen LogP contribution in [-0.4, -0.2) is 34.0 Å². The van der Waals surface area contributed by atoms with Crippen LogP contribution in [0.15, 0.2) is 67.0 Å². The highest BCUT2D eigenvalue weighted by molar-refractivity contribution is 6.06. The highest BCUT2D eigenvalue weighted by Gasteiger charge is 2.44. The van der Waals surface area contributed by atoms with E-state index in [2.05, 4.69) is 24.9 Å². The van der Waals surface area contributed by atoms with E-state index in [1.165, 1.54) is 47.0 Å². The molecule has 4 aromatic rings. The van der Waals surface area contributed by atoms with Gasteiger partial charge < -0.3 is 19.7 Å². The number of benzene rings is 2. The second-order valence-corrected chi connectivity index (χ2v) is 9.67. The first-order chi connectivity index (χ1) is 19.5. The van der Waals surface area contributed by atoms with E-state index >= 15 is 0 Å². The maximum Gasteiger partial charge on any atom is 0.586 e. The number of nitrogens with one attached hydrogen (secondary N) is 1. The molecular weight excluding hydrogens is 549 g/mol. The standard InChI is InChI=1S/C28H22F5N5O3/c1-37(18-10-11-22-23(14-18)41-28(32,33)40-22)26(39)16-5-2-7-19(13-16)38-24-20(25(36-38)27(29,30)31)8-3-9-21(24)35-17-6-4-12-34-15-17/h2,4-7,10-15,21,35H,3,8-9H2,1H3. The number of carbonyl (C=O) groups excluding carboxylic acids is 1. The van der Waals surface area contributed by atoms with Crippen LogP contribution in [0.1, 0.15) is 46.2 Å². The van der Waals surface area contributed by atoms with Gasteiger partial charge in [-0.15, -0.1) is 8.78 Å². The summed E-state index contributed by atoms with van der Waals surface area (Å²) in [4.78, 5) is 18.7. The molecule has 1 atom stereocenters. The van der Waals surface area contributed by atoms with Crippen LogP contribution in [0.2, 0.25) is 0 Å². The molecule has 0 fully saturated rings. The van der Waals surface area contributed by atoms with Crippen molar-refractivity contribution < 1.29 is 36.2 Å². The Morgan fingerprint density at radius 1 is 1.10 bits per heavy atom. The first kappa shape index (κ1) is 26.5. The van der Waals surface area contributed by atoms with Crippen molar-refractivity contribution in [2.24, 2.45) is 0 Å². The molecule has 2 aliphatic rings. The summed E-state index contributed by atoms with van der Waals surface area (Å²) >= 11 is 0. The van der Waals surface area contributed by atoms with E-state index in [0.29, 0.717) is 24.2 Å². The number of anilines is 2. The van der Waals surface area contributed by atoms with Crippen molar-refractivity contribution >= 4 is 17.3 Å². The SMILES string of the molecule is CN(C(=O)c1cccc(-n2nc(C(F)(F)F)c3c2C(Nc2cccnc2)CCC3)c1)c1ccc2c(c1)OC(F)(F)O2. The molecule has 2 aromatic carbocycles. The van der Waals surface area contributed by atoms with Crippen molar-refractivity contribution in [2.75, 3.05) is 17.3 Å².